The van der Waals surface area contributed by atoms with Crippen LogP contribution in [0.2, 0.25) is 10.0 Å². The third-order valence-corrected chi connectivity index (χ3v) is 5.06. The van der Waals surface area contributed by atoms with Crippen molar-refractivity contribution in [3.8, 4) is 17.0 Å². The number of alkyl halides is 3. The Kier molecular flexibility index (Phi) is 6.72. The molecule has 11 heteroatoms. The minimum absolute atomic E-state index is 0.0500. The van der Waals surface area contributed by atoms with E-state index < -0.39 is 18.7 Å². The third-order valence-electron chi connectivity index (χ3n) is 4.32. The molecule has 160 valence electrons. The SMILES string of the molecule is O=C(NC/C(=N\O)C1CC1)c1cnc(OCC(F)(F)F)c(-c2ccc(Cl)c(Cl)c2)c1. The molecule has 0 saturated heterocycles. The van der Waals surface area contributed by atoms with Crippen LogP contribution in [0.25, 0.3) is 11.1 Å². The molecule has 1 aromatic heterocycles. The van der Waals surface area contributed by atoms with Gasteiger partial charge < -0.3 is 15.3 Å². The number of benzene rings is 1. The second-order valence-corrected chi connectivity index (χ2v) is 7.47. The molecule has 0 bridgehead atoms. The molecule has 0 unspecified atom stereocenters. The molecule has 6 nitrogen and oxygen atoms in total. The van der Waals surface area contributed by atoms with E-state index in [-0.39, 0.29) is 39.5 Å². The normalized spacial score (nSPS) is 14.5. The fourth-order valence-corrected chi connectivity index (χ4v) is 2.96. The number of carbonyl (C=O) groups is 1. The van der Waals surface area contributed by atoms with Crippen LogP contribution >= 0.6 is 23.2 Å². The first-order valence-corrected chi connectivity index (χ1v) is 9.57. The van der Waals surface area contributed by atoms with Crippen LogP contribution in [0.4, 0.5) is 13.2 Å². The molecule has 3 rings (SSSR count). The average molecular weight is 462 g/mol. The van der Waals surface area contributed by atoms with Crippen molar-refractivity contribution in [2.45, 2.75) is 19.0 Å². The predicted octanol–water partition coefficient (Wildman–Crippen LogP) is 4.97. The Hall–Kier alpha value is -2.52. The highest BCUT2D eigenvalue weighted by atomic mass is 35.5. The largest absolute Gasteiger partial charge is 0.468 e. The minimum atomic E-state index is -4.56. The molecule has 2 N–H and O–H groups in total. The van der Waals surface area contributed by atoms with Crippen molar-refractivity contribution in [1.29, 1.82) is 0 Å². The number of hydrogen-bond acceptors (Lipinski definition) is 5. The molecule has 1 fully saturated rings. The number of halogens is 5. The van der Waals surface area contributed by atoms with Gasteiger partial charge in [-0.3, -0.25) is 4.79 Å². The maximum atomic E-state index is 12.6. The van der Waals surface area contributed by atoms with Gasteiger partial charge in [0.15, 0.2) is 6.61 Å². The molecule has 2 aromatic rings. The highest BCUT2D eigenvalue weighted by Gasteiger charge is 2.30. The molecule has 1 aromatic carbocycles. The number of carbonyl (C=O) groups excluding carboxylic acids is 1. The fraction of sp³-hybridized carbons (Fsp3) is 0.316. The van der Waals surface area contributed by atoms with Gasteiger partial charge in [0.25, 0.3) is 5.91 Å². The Morgan fingerprint density at radius 3 is 2.60 bits per heavy atom. The summed E-state index contributed by atoms with van der Waals surface area (Å²) in [6, 6.07) is 5.78. The van der Waals surface area contributed by atoms with Crippen molar-refractivity contribution < 1.29 is 27.9 Å². The maximum absolute atomic E-state index is 12.6. The van der Waals surface area contributed by atoms with Gasteiger partial charge in [-0.25, -0.2) is 4.98 Å². The van der Waals surface area contributed by atoms with Crippen molar-refractivity contribution in [2.24, 2.45) is 11.1 Å². The zero-order valence-corrected chi connectivity index (χ0v) is 16.9. The lowest BCUT2D eigenvalue weighted by Crippen LogP contribution is -2.30. The molecule has 0 aliphatic heterocycles. The van der Waals surface area contributed by atoms with Gasteiger partial charge in [-0.1, -0.05) is 34.4 Å². The van der Waals surface area contributed by atoms with Crippen LogP contribution in [0.5, 0.6) is 5.88 Å². The lowest BCUT2D eigenvalue weighted by molar-refractivity contribution is -0.154. The number of ether oxygens (including phenoxy) is 1. The van der Waals surface area contributed by atoms with E-state index in [1.807, 2.05) is 0 Å². The number of amides is 1. The Morgan fingerprint density at radius 2 is 2.00 bits per heavy atom. The highest BCUT2D eigenvalue weighted by Crippen LogP contribution is 2.34. The number of nitrogens with zero attached hydrogens (tertiary/aromatic N) is 2. The van der Waals surface area contributed by atoms with Gasteiger partial charge in [0.05, 0.1) is 27.9 Å². The Morgan fingerprint density at radius 1 is 1.27 bits per heavy atom. The van der Waals surface area contributed by atoms with Crippen molar-refractivity contribution >= 4 is 34.8 Å². The third kappa shape index (κ3) is 5.76. The number of aromatic nitrogens is 1. The first kappa shape index (κ1) is 22.2. The molecule has 0 spiro atoms. The van der Waals surface area contributed by atoms with Crippen LogP contribution < -0.4 is 10.1 Å². The van der Waals surface area contributed by atoms with Gasteiger partial charge in [-0.15, -0.1) is 0 Å². The van der Waals surface area contributed by atoms with Gasteiger partial charge in [0.2, 0.25) is 5.88 Å². The van der Waals surface area contributed by atoms with Gasteiger partial charge in [-0.05, 0) is 36.6 Å². The van der Waals surface area contributed by atoms with Crippen molar-refractivity contribution in [3.05, 3.63) is 46.1 Å². The first-order chi connectivity index (χ1) is 14.2. The second kappa shape index (κ2) is 9.09. The second-order valence-electron chi connectivity index (χ2n) is 6.66. The van der Waals surface area contributed by atoms with Gasteiger partial charge in [0, 0.05) is 17.7 Å². The summed E-state index contributed by atoms with van der Waals surface area (Å²) >= 11 is 11.9. The number of pyridine rings is 1. The fourth-order valence-electron chi connectivity index (χ4n) is 2.66. The molecule has 0 radical (unpaired) electrons. The van der Waals surface area contributed by atoms with Crippen molar-refractivity contribution in [1.82, 2.24) is 10.3 Å². The van der Waals surface area contributed by atoms with Crippen LogP contribution in [0.1, 0.15) is 23.2 Å². The maximum Gasteiger partial charge on any atom is 0.422 e. The molecule has 30 heavy (non-hydrogen) atoms. The molecule has 1 aliphatic rings. The van der Waals surface area contributed by atoms with Crippen molar-refractivity contribution in [2.75, 3.05) is 13.2 Å². The molecular formula is C19H16Cl2F3N3O3. The van der Waals surface area contributed by atoms with E-state index in [0.29, 0.717) is 11.3 Å². The smallest absolute Gasteiger partial charge is 0.422 e. The van der Waals surface area contributed by atoms with Crippen LogP contribution in [0.3, 0.4) is 0 Å². The Balaban J connectivity index is 1.87. The van der Waals surface area contributed by atoms with Crippen LogP contribution in [-0.4, -0.2) is 41.1 Å². The van der Waals surface area contributed by atoms with Gasteiger partial charge >= 0.3 is 6.18 Å². The summed E-state index contributed by atoms with van der Waals surface area (Å²) in [5.41, 5.74) is 1.07. The summed E-state index contributed by atoms with van der Waals surface area (Å²) in [7, 11) is 0. The van der Waals surface area contributed by atoms with E-state index in [2.05, 4.69) is 15.5 Å². The average Bonchev–Trinajstić information content (AvgIpc) is 3.53. The van der Waals surface area contributed by atoms with E-state index in [0.717, 1.165) is 19.0 Å². The summed E-state index contributed by atoms with van der Waals surface area (Å²) in [5, 5.41) is 15.3. The van der Waals surface area contributed by atoms with E-state index in [4.69, 9.17) is 33.1 Å². The Bertz CT molecular complexity index is 979. The molecular weight excluding hydrogens is 446 g/mol. The topological polar surface area (TPSA) is 83.8 Å². The number of rotatable bonds is 7. The van der Waals surface area contributed by atoms with Crippen molar-refractivity contribution in [3.63, 3.8) is 0 Å². The molecule has 1 saturated carbocycles. The zero-order chi connectivity index (χ0) is 21.9. The summed E-state index contributed by atoms with van der Waals surface area (Å²) in [5.74, 6) is -0.691. The highest BCUT2D eigenvalue weighted by molar-refractivity contribution is 6.42. The summed E-state index contributed by atoms with van der Waals surface area (Å²) in [6.45, 7) is -1.49. The van der Waals surface area contributed by atoms with Gasteiger partial charge in [-0.2, -0.15) is 13.2 Å². The quantitative estimate of drug-likeness (QED) is 0.346. The van der Waals surface area contributed by atoms with Crippen LogP contribution in [-0.2, 0) is 0 Å². The molecule has 1 amide bonds. The molecule has 1 aliphatic carbocycles. The lowest BCUT2D eigenvalue weighted by Gasteiger charge is -2.14. The number of hydrogen-bond donors (Lipinski definition) is 2. The monoisotopic (exact) mass is 461 g/mol. The zero-order valence-electron chi connectivity index (χ0n) is 15.3. The number of nitrogens with one attached hydrogen (secondary N) is 1. The van der Waals surface area contributed by atoms with E-state index in [1.54, 1.807) is 0 Å². The first-order valence-electron chi connectivity index (χ1n) is 8.82. The number of oxime groups is 1. The molecule has 1 heterocycles. The van der Waals surface area contributed by atoms with Crippen LogP contribution in [0.15, 0.2) is 35.6 Å². The van der Waals surface area contributed by atoms with Gasteiger partial charge in [0.1, 0.15) is 0 Å². The predicted molar refractivity (Wildman–Crippen MR) is 106 cm³/mol. The molecule has 0 atom stereocenters. The minimum Gasteiger partial charge on any atom is -0.468 e. The lowest BCUT2D eigenvalue weighted by atomic mass is 10.0. The standard InChI is InChI=1S/C19H16Cl2F3N3O3/c20-14-4-3-11(6-15(14)21)13-5-12(7-26-18(13)30-9-19(22,23)24)17(28)25-8-16(27-29)10-1-2-10/h3-7,10,29H,1-2,8-9H2,(H,25,28)/b27-16+. The summed E-state index contributed by atoms with van der Waals surface area (Å²) < 4.78 is 42.6. The Labute approximate surface area is 179 Å². The van der Waals surface area contributed by atoms with E-state index in [9.17, 15) is 18.0 Å². The summed E-state index contributed by atoms with van der Waals surface area (Å²) in [6.07, 6.45) is -1.67. The van der Waals surface area contributed by atoms with E-state index >= 15 is 0 Å². The van der Waals surface area contributed by atoms with E-state index in [1.165, 1.54) is 24.3 Å². The van der Waals surface area contributed by atoms with Crippen LogP contribution in [0, 0.1) is 5.92 Å². The summed E-state index contributed by atoms with van der Waals surface area (Å²) in [4.78, 5) is 16.4.